The Morgan fingerprint density at radius 3 is 2.62 bits per heavy atom. The van der Waals surface area contributed by atoms with Crippen LogP contribution in [0.4, 0.5) is 0 Å². The number of benzene rings is 1. The topological polar surface area (TPSA) is 79.2 Å². The first kappa shape index (κ1) is 15.0. The van der Waals surface area contributed by atoms with Gasteiger partial charge in [0.1, 0.15) is 5.56 Å². The summed E-state index contributed by atoms with van der Waals surface area (Å²) in [4.78, 5) is 28.8. The molecule has 2 aromatic rings. The molecule has 0 unspecified atom stereocenters. The van der Waals surface area contributed by atoms with E-state index in [-0.39, 0.29) is 16.9 Å². The maximum absolute atomic E-state index is 12.5. The van der Waals surface area contributed by atoms with Gasteiger partial charge in [0.15, 0.2) is 5.43 Å². The van der Waals surface area contributed by atoms with Gasteiger partial charge in [0.05, 0.1) is 0 Å². The van der Waals surface area contributed by atoms with Gasteiger partial charge in [0.2, 0.25) is 0 Å². The molecule has 1 aromatic carbocycles. The fourth-order valence-corrected chi connectivity index (χ4v) is 2.09. The molecule has 3 N–H and O–H groups in total. The Morgan fingerprint density at radius 2 is 1.95 bits per heavy atom. The molecule has 1 heterocycles. The van der Waals surface area contributed by atoms with Crippen molar-refractivity contribution in [2.45, 2.75) is 13.0 Å². The number of pyridine rings is 1. The van der Waals surface area contributed by atoms with Crippen molar-refractivity contribution in [1.82, 2.24) is 9.88 Å². The first-order chi connectivity index (χ1) is 10.2. The number of H-pyrrole nitrogens is 1. The van der Waals surface area contributed by atoms with Crippen molar-refractivity contribution in [3.8, 4) is 0 Å². The van der Waals surface area contributed by atoms with Crippen molar-refractivity contribution in [3.05, 3.63) is 70.1 Å². The van der Waals surface area contributed by atoms with Crippen LogP contribution in [-0.4, -0.2) is 28.9 Å². The highest BCUT2D eigenvalue weighted by molar-refractivity contribution is 5.93. The molecule has 1 amide bonds. The predicted octanol–water partition coefficient (Wildman–Crippen LogP) is 1.37. The zero-order valence-corrected chi connectivity index (χ0v) is 11.8. The molecule has 0 bridgehead atoms. The molecular weight excluding hydrogens is 266 g/mol. The van der Waals surface area contributed by atoms with Crippen LogP contribution in [0.1, 0.15) is 22.3 Å². The monoisotopic (exact) mass is 285 g/mol. The fourth-order valence-electron chi connectivity index (χ4n) is 2.09. The van der Waals surface area contributed by atoms with Gasteiger partial charge in [-0.15, -0.1) is 0 Å². The van der Waals surface area contributed by atoms with Crippen molar-refractivity contribution in [3.63, 3.8) is 0 Å². The third-order valence-corrected chi connectivity index (χ3v) is 3.19. The van der Waals surface area contributed by atoms with Gasteiger partial charge in [-0.05, 0) is 18.5 Å². The van der Waals surface area contributed by atoms with Crippen LogP contribution in [0.25, 0.3) is 0 Å². The molecule has 110 valence electrons. The Bertz CT molecular complexity index is 637. The van der Waals surface area contributed by atoms with Gasteiger partial charge in [-0.2, -0.15) is 0 Å². The summed E-state index contributed by atoms with van der Waals surface area (Å²) >= 11 is 0. The normalized spacial score (nSPS) is 10.3. The average Bonchev–Trinajstić information content (AvgIpc) is 2.52. The lowest BCUT2D eigenvalue weighted by atomic mass is 10.1. The van der Waals surface area contributed by atoms with E-state index in [4.69, 9.17) is 5.73 Å². The Kier molecular flexibility index (Phi) is 5.29. The minimum Gasteiger partial charge on any atom is -0.367 e. The molecule has 0 aliphatic rings. The summed E-state index contributed by atoms with van der Waals surface area (Å²) in [5, 5.41) is 0. The molecule has 5 heteroatoms. The maximum Gasteiger partial charge on any atom is 0.259 e. The van der Waals surface area contributed by atoms with Crippen LogP contribution < -0.4 is 11.2 Å². The molecule has 0 saturated heterocycles. The first-order valence-electron chi connectivity index (χ1n) is 6.92. The number of hydrogen-bond acceptors (Lipinski definition) is 3. The van der Waals surface area contributed by atoms with E-state index in [1.54, 1.807) is 4.90 Å². The second-order valence-electron chi connectivity index (χ2n) is 4.78. The van der Waals surface area contributed by atoms with Crippen LogP contribution in [0.3, 0.4) is 0 Å². The summed E-state index contributed by atoms with van der Waals surface area (Å²) in [6.45, 7) is 1.50. The van der Waals surface area contributed by atoms with Crippen LogP contribution in [0, 0.1) is 0 Å². The number of hydrogen-bond donors (Lipinski definition) is 2. The number of nitrogens with one attached hydrogen (secondary N) is 1. The number of carbonyl (C=O) groups excluding carboxylic acids is 1. The molecule has 0 radical (unpaired) electrons. The van der Waals surface area contributed by atoms with Gasteiger partial charge in [-0.25, -0.2) is 0 Å². The molecule has 0 fully saturated rings. The molecule has 0 atom stereocenters. The molecule has 2 rings (SSSR count). The number of rotatable bonds is 6. The van der Waals surface area contributed by atoms with E-state index in [0.717, 1.165) is 5.56 Å². The molecule has 1 aromatic heterocycles. The van der Waals surface area contributed by atoms with E-state index in [0.29, 0.717) is 26.1 Å². The lowest BCUT2D eigenvalue weighted by Gasteiger charge is -2.22. The second-order valence-corrected chi connectivity index (χ2v) is 4.78. The van der Waals surface area contributed by atoms with E-state index in [9.17, 15) is 9.59 Å². The average molecular weight is 285 g/mol. The van der Waals surface area contributed by atoms with Crippen molar-refractivity contribution in [1.29, 1.82) is 0 Å². The van der Waals surface area contributed by atoms with Crippen molar-refractivity contribution < 1.29 is 4.79 Å². The lowest BCUT2D eigenvalue weighted by molar-refractivity contribution is 0.0740. The molecule has 5 nitrogen and oxygen atoms in total. The highest BCUT2D eigenvalue weighted by Crippen LogP contribution is 2.08. The Hall–Kier alpha value is -2.40. The quantitative estimate of drug-likeness (QED) is 0.841. The van der Waals surface area contributed by atoms with Gasteiger partial charge in [-0.1, -0.05) is 30.3 Å². The first-order valence-corrected chi connectivity index (χ1v) is 6.92. The predicted molar refractivity (Wildman–Crippen MR) is 81.9 cm³/mol. The van der Waals surface area contributed by atoms with Crippen LogP contribution in [-0.2, 0) is 6.54 Å². The lowest BCUT2D eigenvalue weighted by Crippen LogP contribution is -2.35. The van der Waals surface area contributed by atoms with Crippen molar-refractivity contribution in [2.75, 3.05) is 13.1 Å². The van der Waals surface area contributed by atoms with Crippen molar-refractivity contribution >= 4 is 5.91 Å². The standard InChI is InChI=1S/C16H19N3O2/c17-8-4-10-19(12-13-5-2-1-3-6-13)16(21)14-11-18-9-7-15(14)20/h1-3,5-7,9,11H,4,8,10,12,17H2,(H,18,20). The summed E-state index contributed by atoms with van der Waals surface area (Å²) in [5.74, 6) is -0.269. The third-order valence-electron chi connectivity index (χ3n) is 3.19. The second kappa shape index (κ2) is 7.40. The Balaban J connectivity index is 2.21. The molecule has 21 heavy (non-hydrogen) atoms. The van der Waals surface area contributed by atoms with Crippen LogP contribution in [0.15, 0.2) is 53.6 Å². The molecule has 0 spiro atoms. The van der Waals surface area contributed by atoms with Crippen LogP contribution >= 0.6 is 0 Å². The molecule has 0 aliphatic carbocycles. The smallest absolute Gasteiger partial charge is 0.259 e. The number of aromatic amines is 1. The summed E-state index contributed by atoms with van der Waals surface area (Å²) < 4.78 is 0. The Morgan fingerprint density at radius 1 is 1.19 bits per heavy atom. The minimum absolute atomic E-state index is 0.158. The number of aromatic nitrogens is 1. The van der Waals surface area contributed by atoms with E-state index in [2.05, 4.69) is 4.98 Å². The van der Waals surface area contributed by atoms with Crippen LogP contribution in [0.5, 0.6) is 0 Å². The minimum atomic E-state index is -0.274. The summed E-state index contributed by atoms with van der Waals surface area (Å²) in [6.07, 6.45) is 3.66. The van der Waals surface area contributed by atoms with E-state index in [1.807, 2.05) is 30.3 Å². The number of amides is 1. The van der Waals surface area contributed by atoms with Gasteiger partial charge in [-0.3, -0.25) is 9.59 Å². The third kappa shape index (κ3) is 4.03. The van der Waals surface area contributed by atoms with E-state index in [1.165, 1.54) is 18.5 Å². The van der Waals surface area contributed by atoms with E-state index < -0.39 is 0 Å². The number of nitrogens with zero attached hydrogens (tertiary/aromatic N) is 1. The zero-order chi connectivity index (χ0) is 15.1. The largest absolute Gasteiger partial charge is 0.367 e. The highest BCUT2D eigenvalue weighted by atomic mass is 16.2. The fraction of sp³-hybridized carbons (Fsp3) is 0.250. The summed E-state index contributed by atoms with van der Waals surface area (Å²) in [7, 11) is 0. The Labute approximate surface area is 123 Å². The van der Waals surface area contributed by atoms with Crippen LogP contribution in [0.2, 0.25) is 0 Å². The van der Waals surface area contributed by atoms with Crippen molar-refractivity contribution in [2.24, 2.45) is 5.73 Å². The number of carbonyl (C=O) groups is 1. The van der Waals surface area contributed by atoms with E-state index >= 15 is 0 Å². The molecule has 0 saturated carbocycles. The molecular formula is C16H19N3O2. The van der Waals surface area contributed by atoms with Gasteiger partial charge < -0.3 is 15.6 Å². The summed E-state index contributed by atoms with van der Waals surface area (Å²) in [6, 6.07) is 11.1. The maximum atomic E-state index is 12.5. The molecule has 0 aliphatic heterocycles. The highest BCUT2D eigenvalue weighted by Gasteiger charge is 2.18. The zero-order valence-electron chi connectivity index (χ0n) is 11.8. The SMILES string of the molecule is NCCCN(Cc1ccccc1)C(=O)c1c[nH]ccc1=O. The van der Waals surface area contributed by atoms with Gasteiger partial charge >= 0.3 is 0 Å². The van der Waals surface area contributed by atoms with Gasteiger partial charge in [0.25, 0.3) is 5.91 Å². The summed E-state index contributed by atoms with van der Waals surface area (Å²) in [5.41, 5.74) is 6.44. The van der Waals surface area contributed by atoms with Gasteiger partial charge in [0, 0.05) is 31.5 Å². The number of nitrogens with two attached hydrogens (primary N) is 1.